The predicted octanol–water partition coefficient (Wildman–Crippen LogP) is 1.05. The molecule has 2 rings (SSSR count). The molecule has 0 amide bonds. The smallest absolute Gasteiger partial charge is 0.151 e. The lowest BCUT2D eigenvalue weighted by atomic mass is 10.1. The molecule has 15 heavy (non-hydrogen) atoms. The number of piperidine rings is 1. The molecule has 1 saturated heterocycles. The first-order valence-electron chi connectivity index (χ1n) is 5.20. The van der Waals surface area contributed by atoms with Gasteiger partial charge in [0.15, 0.2) is 5.15 Å². The van der Waals surface area contributed by atoms with Crippen LogP contribution in [-0.4, -0.2) is 34.2 Å². The minimum absolute atomic E-state index is 0.305. The number of nitrogens with zero attached hydrogens (tertiary/aromatic N) is 3. The fourth-order valence-corrected chi connectivity index (χ4v) is 1.99. The molecule has 1 aromatic rings. The minimum atomic E-state index is 0.305. The van der Waals surface area contributed by atoms with Gasteiger partial charge in [-0.15, -0.1) is 5.10 Å². The summed E-state index contributed by atoms with van der Waals surface area (Å²) in [6.07, 6.45) is 2.30. The lowest BCUT2D eigenvalue weighted by molar-refractivity contribution is 0.199. The molecule has 1 aromatic heterocycles. The number of halogens is 1. The van der Waals surface area contributed by atoms with E-state index >= 15 is 0 Å². The van der Waals surface area contributed by atoms with Crippen LogP contribution in [0.15, 0.2) is 12.1 Å². The van der Waals surface area contributed by atoms with E-state index in [0.717, 1.165) is 31.7 Å². The second-order valence-electron chi connectivity index (χ2n) is 3.98. The maximum atomic E-state index is 5.90. The summed E-state index contributed by atoms with van der Waals surface area (Å²) in [7, 11) is 0. The minimum Gasteiger partial charge on any atom is -0.327 e. The van der Waals surface area contributed by atoms with Gasteiger partial charge in [-0.3, -0.25) is 4.90 Å². The van der Waals surface area contributed by atoms with Gasteiger partial charge in [0, 0.05) is 19.1 Å². The number of hydrogen-bond donors (Lipinski definition) is 1. The highest BCUT2D eigenvalue weighted by Crippen LogP contribution is 2.11. The van der Waals surface area contributed by atoms with Gasteiger partial charge in [0.2, 0.25) is 0 Å². The van der Waals surface area contributed by atoms with Crippen molar-refractivity contribution in [1.82, 2.24) is 15.1 Å². The van der Waals surface area contributed by atoms with Crippen molar-refractivity contribution < 1.29 is 0 Å². The summed E-state index contributed by atoms with van der Waals surface area (Å²) in [6.45, 7) is 2.86. The Kier molecular flexibility index (Phi) is 3.51. The third-order valence-electron chi connectivity index (χ3n) is 2.61. The first kappa shape index (κ1) is 10.8. The summed E-state index contributed by atoms with van der Waals surface area (Å²) in [6, 6.07) is 3.99. The standard InChI is InChI=1S/C10H15ClN4/c11-10-4-3-9(13-14-10)7-15-5-1-2-8(12)6-15/h3-4,8H,1-2,5-7,12H2/t8-/m1/s1. The first-order valence-corrected chi connectivity index (χ1v) is 5.58. The fourth-order valence-electron chi connectivity index (χ4n) is 1.89. The molecule has 0 unspecified atom stereocenters. The normalized spacial score (nSPS) is 22.9. The van der Waals surface area contributed by atoms with Crippen molar-refractivity contribution in [3.63, 3.8) is 0 Å². The van der Waals surface area contributed by atoms with Crippen molar-refractivity contribution in [3.8, 4) is 0 Å². The number of hydrogen-bond acceptors (Lipinski definition) is 4. The fraction of sp³-hybridized carbons (Fsp3) is 0.600. The van der Waals surface area contributed by atoms with Gasteiger partial charge in [0.1, 0.15) is 0 Å². The molecular formula is C10H15ClN4. The van der Waals surface area contributed by atoms with E-state index in [1.807, 2.05) is 6.07 Å². The Hall–Kier alpha value is -0.710. The first-order chi connectivity index (χ1) is 7.24. The molecule has 2 heterocycles. The molecule has 82 valence electrons. The molecule has 1 fully saturated rings. The van der Waals surface area contributed by atoms with Crippen LogP contribution in [0.25, 0.3) is 0 Å². The second-order valence-corrected chi connectivity index (χ2v) is 4.37. The van der Waals surface area contributed by atoms with Crippen molar-refractivity contribution in [1.29, 1.82) is 0 Å². The highest BCUT2D eigenvalue weighted by Gasteiger charge is 2.16. The lowest BCUT2D eigenvalue weighted by Gasteiger charge is -2.30. The third-order valence-corrected chi connectivity index (χ3v) is 2.82. The Balaban J connectivity index is 1.93. The average molecular weight is 227 g/mol. The van der Waals surface area contributed by atoms with Crippen molar-refractivity contribution in [2.45, 2.75) is 25.4 Å². The molecule has 0 aromatic carbocycles. The van der Waals surface area contributed by atoms with Gasteiger partial charge in [-0.2, -0.15) is 5.10 Å². The maximum absolute atomic E-state index is 5.90. The van der Waals surface area contributed by atoms with Crippen LogP contribution in [-0.2, 0) is 6.54 Å². The van der Waals surface area contributed by atoms with Crippen LogP contribution in [0.3, 0.4) is 0 Å². The Morgan fingerprint density at radius 2 is 2.33 bits per heavy atom. The van der Waals surface area contributed by atoms with E-state index in [9.17, 15) is 0 Å². The average Bonchev–Trinajstić information content (AvgIpc) is 2.22. The molecule has 0 aliphatic carbocycles. The molecule has 5 heteroatoms. The monoisotopic (exact) mass is 226 g/mol. The van der Waals surface area contributed by atoms with Crippen LogP contribution in [0, 0.1) is 0 Å². The second kappa shape index (κ2) is 4.88. The van der Waals surface area contributed by atoms with Crippen LogP contribution in [0.4, 0.5) is 0 Å². The van der Waals surface area contributed by atoms with Crippen molar-refractivity contribution in [2.75, 3.05) is 13.1 Å². The number of rotatable bonds is 2. The van der Waals surface area contributed by atoms with Crippen LogP contribution in [0.1, 0.15) is 18.5 Å². The SMILES string of the molecule is N[C@@H]1CCCN(Cc2ccc(Cl)nn2)C1. The summed E-state index contributed by atoms with van der Waals surface area (Å²) >= 11 is 5.67. The zero-order chi connectivity index (χ0) is 10.7. The topological polar surface area (TPSA) is 55.0 Å². The summed E-state index contributed by atoms with van der Waals surface area (Å²) in [5.74, 6) is 0. The van der Waals surface area contributed by atoms with E-state index in [-0.39, 0.29) is 0 Å². The summed E-state index contributed by atoms with van der Waals surface area (Å²) in [5.41, 5.74) is 6.86. The maximum Gasteiger partial charge on any atom is 0.151 e. The van der Waals surface area contributed by atoms with E-state index in [4.69, 9.17) is 17.3 Å². The highest BCUT2D eigenvalue weighted by molar-refractivity contribution is 6.29. The van der Waals surface area contributed by atoms with Gasteiger partial charge in [-0.05, 0) is 31.5 Å². The van der Waals surface area contributed by atoms with Gasteiger partial charge in [-0.25, -0.2) is 0 Å². The summed E-state index contributed by atoms with van der Waals surface area (Å²) in [5, 5.41) is 8.29. The summed E-state index contributed by atoms with van der Waals surface area (Å²) < 4.78 is 0. The van der Waals surface area contributed by atoms with E-state index in [2.05, 4.69) is 15.1 Å². The largest absolute Gasteiger partial charge is 0.327 e. The Labute approximate surface area is 94.4 Å². The Morgan fingerprint density at radius 3 is 3.00 bits per heavy atom. The van der Waals surface area contributed by atoms with E-state index in [0.29, 0.717) is 11.2 Å². The Morgan fingerprint density at radius 1 is 1.47 bits per heavy atom. The molecule has 0 radical (unpaired) electrons. The van der Waals surface area contributed by atoms with Gasteiger partial charge in [0.25, 0.3) is 0 Å². The van der Waals surface area contributed by atoms with Gasteiger partial charge < -0.3 is 5.73 Å². The van der Waals surface area contributed by atoms with Crippen molar-refractivity contribution in [2.24, 2.45) is 5.73 Å². The molecular weight excluding hydrogens is 212 g/mol. The number of aromatic nitrogens is 2. The predicted molar refractivity (Wildman–Crippen MR) is 59.5 cm³/mol. The quantitative estimate of drug-likeness (QED) is 0.819. The third kappa shape index (κ3) is 3.12. The zero-order valence-corrected chi connectivity index (χ0v) is 9.32. The molecule has 4 nitrogen and oxygen atoms in total. The zero-order valence-electron chi connectivity index (χ0n) is 8.56. The molecule has 1 aliphatic rings. The van der Waals surface area contributed by atoms with Crippen molar-refractivity contribution >= 4 is 11.6 Å². The highest BCUT2D eigenvalue weighted by atomic mass is 35.5. The van der Waals surface area contributed by atoms with Crippen molar-refractivity contribution in [3.05, 3.63) is 23.0 Å². The number of likely N-dealkylation sites (tertiary alicyclic amines) is 1. The van der Waals surface area contributed by atoms with Gasteiger partial charge in [0.05, 0.1) is 5.69 Å². The molecule has 1 atom stereocenters. The molecule has 1 aliphatic heterocycles. The number of nitrogens with two attached hydrogens (primary N) is 1. The van der Waals surface area contributed by atoms with Gasteiger partial charge >= 0.3 is 0 Å². The summed E-state index contributed by atoms with van der Waals surface area (Å²) in [4.78, 5) is 2.31. The molecule has 0 saturated carbocycles. The lowest BCUT2D eigenvalue weighted by Crippen LogP contribution is -2.42. The van der Waals surface area contributed by atoms with Crippen LogP contribution in [0.2, 0.25) is 5.15 Å². The Bertz CT molecular complexity index is 314. The van der Waals surface area contributed by atoms with Crippen LogP contribution >= 0.6 is 11.6 Å². The van der Waals surface area contributed by atoms with E-state index in [1.165, 1.54) is 6.42 Å². The van der Waals surface area contributed by atoms with Crippen LogP contribution in [0.5, 0.6) is 0 Å². The molecule has 0 spiro atoms. The van der Waals surface area contributed by atoms with E-state index in [1.54, 1.807) is 6.07 Å². The van der Waals surface area contributed by atoms with E-state index < -0.39 is 0 Å². The van der Waals surface area contributed by atoms with Crippen LogP contribution < -0.4 is 5.73 Å². The molecule has 0 bridgehead atoms. The van der Waals surface area contributed by atoms with Gasteiger partial charge in [-0.1, -0.05) is 11.6 Å². The molecule has 2 N–H and O–H groups in total.